The van der Waals surface area contributed by atoms with Crippen molar-refractivity contribution in [3.05, 3.63) is 59.7 Å². The predicted molar refractivity (Wildman–Crippen MR) is 84.9 cm³/mol. The number of rotatable bonds is 5. The van der Waals surface area contributed by atoms with Crippen LogP contribution in [0.25, 0.3) is 0 Å². The lowest BCUT2D eigenvalue weighted by molar-refractivity contribution is -0.130. The maximum Gasteiger partial charge on any atom is 0.244 e. The van der Waals surface area contributed by atoms with Crippen LogP contribution in [0.4, 0.5) is 5.69 Å². The van der Waals surface area contributed by atoms with Gasteiger partial charge in [-0.3, -0.25) is 4.79 Å². The van der Waals surface area contributed by atoms with Gasteiger partial charge in [0, 0.05) is 13.5 Å². The Morgan fingerprint density at radius 2 is 1.73 bits per heavy atom. The van der Waals surface area contributed by atoms with Crippen molar-refractivity contribution in [1.29, 1.82) is 0 Å². The average Bonchev–Trinajstić information content (AvgIpc) is 2.53. The van der Waals surface area contributed by atoms with Gasteiger partial charge in [0.05, 0.1) is 5.69 Å². The highest BCUT2D eigenvalue weighted by Gasteiger charge is 2.08. The quantitative estimate of drug-likeness (QED) is 0.674. The van der Waals surface area contributed by atoms with Crippen molar-refractivity contribution in [2.45, 2.75) is 19.8 Å². The van der Waals surface area contributed by atoms with E-state index in [0.717, 1.165) is 11.1 Å². The fraction of sp³-hybridized carbons (Fsp3) is 0.235. The smallest absolute Gasteiger partial charge is 0.244 e. The van der Waals surface area contributed by atoms with Gasteiger partial charge in [0.25, 0.3) is 0 Å². The summed E-state index contributed by atoms with van der Waals surface area (Å²) in [4.78, 5) is 12.0. The predicted octanol–water partition coefficient (Wildman–Crippen LogP) is 3.79. The first-order valence-corrected chi connectivity index (χ1v) is 7.07. The van der Waals surface area contributed by atoms with E-state index in [1.54, 1.807) is 31.3 Å². The van der Waals surface area contributed by atoms with Gasteiger partial charge in [0.2, 0.25) is 5.91 Å². The number of hydrogen-bond donors (Lipinski definition) is 1. The SMILES string of the molecule is Cc1ccc(N=NN(C)C(=O)CCc2ccc(O)cc2)cc1. The molecule has 0 aliphatic heterocycles. The zero-order valence-electron chi connectivity index (χ0n) is 12.7. The lowest BCUT2D eigenvalue weighted by Crippen LogP contribution is -2.20. The first-order valence-electron chi connectivity index (χ1n) is 7.07. The highest BCUT2D eigenvalue weighted by Crippen LogP contribution is 2.14. The zero-order valence-corrected chi connectivity index (χ0v) is 12.7. The fourth-order valence-electron chi connectivity index (χ4n) is 1.86. The van der Waals surface area contributed by atoms with Gasteiger partial charge in [-0.25, -0.2) is 5.01 Å². The summed E-state index contributed by atoms with van der Waals surface area (Å²) in [5.41, 5.74) is 2.86. The molecule has 1 amide bonds. The number of phenols is 1. The minimum Gasteiger partial charge on any atom is -0.508 e. The molecule has 22 heavy (non-hydrogen) atoms. The molecule has 0 saturated heterocycles. The summed E-state index contributed by atoms with van der Waals surface area (Å²) >= 11 is 0. The minimum absolute atomic E-state index is 0.107. The summed E-state index contributed by atoms with van der Waals surface area (Å²) in [5, 5.41) is 18.4. The second-order valence-electron chi connectivity index (χ2n) is 5.11. The standard InChI is InChI=1S/C17H19N3O2/c1-13-3-8-15(9-4-13)18-19-20(2)17(22)12-7-14-5-10-16(21)11-6-14/h3-6,8-11,21H,7,12H2,1-2H3. The van der Waals surface area contributed by atoms with Crippen LogP contribution in [0.2, 0.25) is 0 Å². The molecule has 2 rings (SSSR count). The number of nitrogens with zero attached hydrogens (tertiary/aromatic N) is 3. The first-order chi connectivity index (χ1) is 10.5. The van der Waals surface area contributed by atoms with Crippen LogP contribution in [0.15, 0.2) is 58.9 Å². The topological polar surface area (TPSA) is 65.3 Å². The van der Waals surface area contributed by atoms with Crippen molar-refractivity contribution in [2.24, 2.45) is 10.3 Å². The number of benzene rings is 2. The Morgan fingerprint density at radius 3 is 2.36 bits per heavy atom. The van der Waals surface area contributed by atoms with Crippen molar-refractivity contribution in [3.63, 3.8) is 0 Å². The molecule has 1 N–H and O–H groups in total. The van der Waals surface area contributed by atoms with Gasteiger partial charge < -0.3 is 5.11 Å². The molecule has 0 heterocycles. The first kappa shape index (κ1) is 15.7. The van der Waals surface area contributed by atoms with Crippen LogP contribution in [0, 0.1) is 6.92 Å². The molecule has 0 spiro atoms. The Hall–Kier alpha value is -2.69. The van der Waals surface area contributed by atoms with Crippen LogP contribution in [0.1, 0.15) is 17.5 Å². The van der Waals surface area contributed by atoms with Gasteiger partial charge in [-0.15, -0.1) is 5.11 Å². The Balaban J connectivity index is 1.86. The molecule has 0 aromatic heterocycles. The lowest BCUT2D eigenvalue weighted by atomic mass is 10.1. The van der Waals surface area contributed by atoms with E-state index in [4.69, 9.17) is 0 Å². The molecule has 2 aromatic carbocycles. The van der Waals surface area contributed by atoms with Gasteiger partial charge >= 0.3 is 0 Å². The number of hydrogen-bond acceptors (Lipinski definition) is 4. The molecule has 0 radical (unpaired) electrons. The summed E-state index contributed by atoms with van der Waals surface area (Å²) in [6.45, 7) is 2.00. The van der Waals surface area contributed by atoms with Crippen LogP contribution in [0.3, 0.4) is 0 Å². The fourth-order valence-corrected chi connectivity index (χ4v) is 1.86. The van der Waals surface area contributed by atoms with E-state index in [2.05, 4.69) is 10.3 Å². The summed E-state index contributed by atoms with van der Waals surface area (Å²) in [6, 6.07) is 14.4. The molecular formula is C17H19N3O2. The van der Waals surface area contributed by atoms with E-state index in [0.29, 0.717) is 18.5 Å². The van der Waals surface area contributed by atoms with Crippen LogP contribution < -0.4 is 0 Å². The molecule has 0 saturated carbocycles. The van der Waals surface area contributed by atoms with Gasteiger partial charge in [-0.1, -0.05) is 35.1 Å². The van der Waals surface area contributed by atoms with Crippen LogP contribution >= 0.6 is 0 Å². The zero-order chi connectivity index (χ0) is 15.9. The number of carbonyl (C=O) groups is 1. The maximum atomic E-state index is 12.0. The lowest BCUT2D eigenvalue weighted by Gasteiger charge is -2.09. The molecule has 114 valence electrons. The molecule has 5 nitrogen and oxygen atoms in total. The normalized spacial score (nSPS) is 10.8. The number of amides is 1. The van der Waals surface area contributed by atoms with Crippen LogP contribution in [0.5, 0.6) is 5.75 Å². The number of carbonyl (C=O) groups excluding carboxylic acids is 1. The number of aromatic hydroxyl groups is 1. The van der Waals surface area contributed by atoms with Crippen molar-refractivity contribution in [2.75, 3.05) is 7.05 Å². The van der Waals surface area contributed by atoms with Crippen LogP contribution in [-0.4, -0.2) is 23.1 Å². The monoisotopic (exact) mass is 297 g/mol. The second kappa shape index (κ2) is 7.36. The molecule has 0 aliphatic carbocycles. The summed E-state index contributed by atoms with van der Waals surface area (Å²) in [6.07, 6.45) is 0.942. The Labute approximate surface area is 129 Å². The molecule has 0 atom stereocenters. The van der Waals surface area contributed by atoms with Crippen LogP contribution in [-0.2, 0) is 11.2 Å². The Morgan fingerprint density at radius 1 is 1.09 bits per heavy atom. The van der Waals surface area contributed by atoms with Gasteiger partial charge in [-0.05, 0) is 43.2 Å². The summed E-state index contributed by atoms with van der Waals surface area (Å²) in [5.74, 6) is 0.114. The van der Waals surface area contributed by atoms with E-state index in [-0.39, 0.29) is 11.7 Å². The van der Waals surface area contributed by atoms with Crippen molar-refractivity contribution >= 4 is 11.6 Å². The molecular weight excluding hydrogens is 278 g/mol. The van der Waals surface area contributed by atoms with E-state index in [1.807, 2.05) is 31.2 Å². The Bertz CT molecular complexity index is 649. The molecule has 0 fully saturated rings. The van der Waals surface area contributed by atoms with Gasteiger partial charge in [0.1, 0.15) is 5.75 Å². The third kappa shape index (κ3) is 4.70. The van der Waals surface area contributed by atoms with Gasteiger partial charge in [0.15, 0.2) is 0 Å². The van der Waals surface area contributed by atoms with E-state index in [9.17, 15) is 9.90 Å². The van der Waals surface area contributed by atoms with E-state index < -0.39 is 0 Å². The number of aryl methyl sites for hydroxylation is 2. The average molecular weight is 297 g/mol. The summed E-state index contributed by atoms with van der Waals surface area (Å²) in [7, 11) is 1.59. The largest absolute Gasteiger partial charge is 0.508 e. The molecule has 0 bridgehead atoms. The maximum absolute atomic E-state index is 12.0. The van der Waals surface area contributed by atoms with E-state index in [1.165, 1.54) is 5.01 Å². The summed E-state index contributed by atoms with van der Waals surface area (Å²) < 4.78 is 0. The third-order valence-corrected chi connectivity index (χ3v) is 3.25. The minimum atomic E-state index is -0.107. The third-order valence-electron chi connectivity index (χ3n) is 3.25. The molecule has 0 aliphatic rings. The van der Waals surface area contributed by atoms with E-state index >= 15 is 0 Å². The van der Waals surface area contributed by atoms with Crippen molar-refractivity contribution < 1.29 is 9.90 Å². The Kier molecular flexibility index (Phi) is 5.25. The number of phenolic OH excluding ortho intramolecular Hbond substituents is 1. The second-order valence-corrected chi connectivity index (χ2v) is 5.11. The van der Waals surface area contributed by atoms with Crippen molar-refractivity contribution in [1.82, 2.24) is 5.01 Å². The molecule has 5 heteroatoms. The highest BCUT2D eigenvalue weighted by atomic mass is 16.3. The molecule has 0 unspecified atom stereocenters. The highest BCUT2D eigenvalue weighted by molar-refractivity contribution is 5.75. The molecule has 2 aromatic rings. The van der Waals surface area contributed by atoms with Gasteiger partial charge in [-0.2, -0.15) is 0 Å². The van der Waals surface area contributed by atoms with Crippen molar-refractivity contribution in [3.8, 4) is 5.75 Å².